The van der Waals surface area contributed by atoms with Gasteiger partial charge >= 0.3 is 12.0 Å². The number of aliphatic carboxylic acids is 1. The van der Waals surface area contributed by atoms with Gasteiger partial charge in [0.2, 0.25) is 0 Å². The molecule has 2 heterocycles. The summed E-state index contributed by atoms with van der Waals surface area (Å²) in [5.41, 5.74) is 0. The molecule has 0 radical (unpaired) electrons. The summed E-state index contributed by atoms with van der Waals surface area (Å²) in [4.78, 5) is 24.3. The molecule has 0 bridgehead atoms. The molecule has 20 heavy (non-hydrogen) atoms. The first kappa shape index (κ1) is 15.0. The average molecular weight is 288 g/mol. The van der Waals surface area contributed by atoms with Gasteiger partial charge in [-0.3, -0.25) is 0 Å². The molecule has 8 heteroatoms. The monoisotopic (exact) mass is 288 g/mol. The van der Waals surface area contributed by atoms with E-state index in [-0.39, 0.29) is 24.8 Å². The second-order valence-corrected chi connectivity index (χ2v) is 4.97. The van der Waals surface area contributed by atoms with Gasteiger partial charge in [-0.2, -0.15) is 0 Å². The van der Waals surface area contributed by atoms with Gasteiger partial charge in [0.25, 0.3) is 0 Å². The molecule has 0 aromatic heterocycles. The molecule has 2 aliphatic rings. The van der Waals surface area contributed by atoms with Crippen molar-refractivity contribution in [2.24, 2.45) is 0 Å². The molecule has 2 fully saturated rings. The minimum atomic E-state index is -0.960. The minimum absolute atomic E-state index is 0.115. The Labute approximate surface area is 116 Å². The van der Waals surface area contributed by atoms with Gasteiger partial charge in [-0.1, -0.05) is 0 Å². The van der Waals surface area contributed by atoms with Crippen LogP contribution < -0.4 is 5.32 Å². The van der Waals surface area contributed by atoms with Gasteiger partial charge in [0.05, 0.1) is 32.0 Å². The molecule has 114 valence electrons. The van der Waals surface area contributed by atoms with Crippen molar-refractivity contribution in [3.63, 3.8) is 0 Å². The van der Waals surface area contributed by atoms with Crippen molar-refractivity contribution in [3.05, 3.63) is 0 Å². The first-order valence-electron chi connectivity index (χ1n) is 6.73. The third kappa shape index (κ3) is 3.81. The molecule has 2 aliphatic heterocycles. The number of amides is 2. The summed E-state index contributed by atoms with van der Waals surface area (Å²) in [7, 11) is 0. The van der Waals surface area contributed by atoms with Crippen LogP contribution in [0.15, 0.2) is 0 Å². The van der Waals surface area contributed by atoms with E-state index in [0.717, 1.165) is 0 Å². The largest absolute Gasteiger partial charge is 0.479 e. The fraction of sp³-hybridized carbons (Fsp3) is 0.833. The van der Waals surface area contributed by atoms with E-state index in [1.54, 1.807) is 4.90 Å². The number of carbonyl (C=O) groups is 2. The maximum atomic E-state index is 11.9. The Morgan fingerprint density at radius 1 is 1.30 bits per heavy atom. The van der Waals surface area contributed by atoms with Gasteiger partial charge in [0.15, 0.2) is 6.10 Å². The molecule has 3 N–H and O–H groups in total. The topological polar surface area (TPSA) is 108 Å². The molecule has 0 saturated carbocycles. The molecule has 3 atom stereocenters. The zero-order valence-corrected chi connectivity index (χ0v) is 11.2. The van der Waals surface area contributed by atoms with E-state index in [0.29, 0.717) is 39.1 Å². The van der Waals surface area contributed by atoms with Crippen molar-refractivity contribution in [2.45, 2.75) is 31.2 Å². The highest BCUT2D eigenvalue weighted by Crippen LogP contribution is 2.19. The first-order chi connectivity index (χ1) is 9.60. The molecule has 3 unspecified atom stereocenters. The van der Waals surface area contributed by atoms with E-state index >= 15 is 0 Å². The number of nitrogens with one attached hydrogen (secondary N) is 1. The predicted molar refractivity (Wildman–Crippen MR) is 67.3 cm³/mol. The summed E-state index contributed by atoms with van der Waals surface area (Å²) < 4.78 is 10.6. The highest BCUT2D eigenvalue weighted by atomic mass is 16.5. The lowest BCUT2D eigenvalue weighted by Crippen LogP contribution is -2.51. The maximum Gasteiger partial charge on any atom is 0.332 e. The lowest BCUT2D eigenvalue weighted by Gasteiger charge is -2.32. The Balaban J connectivity index is 1.71. The highest BCUT2D eigenvalue weighted by Gasteiger charge is 2.31. The lowest BCUT2D eigenvalue weighted by atomic mass is 10.2. The summed E-state index contributed by atoms with van der Waals surface area (Å²) in [5.74, 6) is -0.960. The number of carboxylic acids is 1. The Bertz CT molecular complexity index is 364. The summed E-state index contributed by atoms with van der Waals surface area (Å²) in [6, 6.07) is -0.242. The quantitative estimate of drug-likeness (QED) is 0.613. The SMILES string of the molecule is O=C(O)C1CCC(CNC(=O)N2CCOC(CO)C2)O1. The van der Waals surface area contributed by atoms with Crippen LogP contribution in [0.25, 0.3) is 0 Å². The maximum absolute atomic E-state index is 11.9. The van der Waals surface area contributed by atoms with E-state index in [1.807, 2.05) is 0 Å². The molecule has 0 spiro atoms. The fourth-order valence-corrected chi connectivity index (χ4v) is 2.36. The van der Waals surface area contributed by atoms with Gasteiger partial charge in [0, 0.05) is 13.1 Å². The summed E-state index contributed by atoms with van der Waals surface area (Å²) in [5, 5.41) is 20.6. The van der Waals surface area contributed by atoms with Crippen molar-refractivity contribution in [1.82, 2.24) is 10.2 Å². The number of morpholine rings is 1. The summed E-state index contributed by atoms with van der Waals surface area (Å²) in [6.45, 7) is 1.41. The Morgan fingerprint density at radius 3 is 2.75 bits per heavy atom. The van der Waals surface area contributed by atoms with Crippen molar-refractivity contribution in [3.8, 4) is 0 Å². The predicted octanol–water partition coefficient (Wildman–Crippen LogP) is -0.979. The molecule has 2 amide bonds. The molecule has 0 aliphatic carbocycles. The van der Waals surface area contributed by atoms with Crippen LogP contribution in [0.2, 0.25) is 0 Å². The van der Waals surface area contributed by atoms with Gasteiger partial charge in [-0.05, 0) is 12.8 Å². The average Bonchev–Trinajstić information content (AvgIpc) is 2.94. The van der Waals surface area contributed by atoms with Crippen molar-refractivity contribution < 1.29 is 29.3 Å². The fourth-order valence-electron chi connectivity index (χ4n) is 2.36. The van der Waals surface area contributed by atoms with E-state index in [1.165, 1.54) is 0 Å². The first-order valence-corrected chi connectivity index (χ1v) is 6.73. The second kappa shape index (κ2) is 6.87. The standard InChI is InChI=1S/C12H20N2O6/c15-7-9-6-14(3-4-19-9)12(18)13-5-8-1-2-10(20-8)11(16)17/h8-10,15H,1-7H2,(H,13,18)(H,16,17). The number of nitrogens with zero attached hydrogens (tertiary/aromatic N) is 1. The van der Waals surface area contributed by atoms with Crippen LogP contribution in [0.4, 0.5) is 4.79 Å². The number of hydrogen-bond acceptors (Lipinski definition) is 5. The normalized spacial score (nSPS) is 30.2. The van der Waals surface area contributed by atoms with Crippen molar-refractivity contribution in [1.29, 1.82) is 0 Å². The number of ether oxygens (including phenoxy) is 2. The van der Waals surface area contributed by atoms with Crippen LogP contribution in [0, 0.1) is 0 Å². The van der Waals surface area contributed by atoms with Crippen LogP contribution in [0.5, 0.6) is 0 Å². The Kier molecular flexibility index (Phi) is 5.16. The second-order valence-electron chi connectivity index (χ2n) is 4.97. The van der Waals surface area contributed by atoms with Gasteiger partial charge in [-0.15, -0.1) is 0 Å². The molecule has 8 nitrogen and oxygen atoms in total. The van der Waals surface area contributed by atoms with E-state index in [9.17, 15) is 9.59 Å². The van der Waals surface area contributed by atoms with Crippen LogP contribution in [-0.4, -0.2) is 78.3 Å². The molecule has 0 aromatic carbocycles. The molecule has 2 saturated heterocycles. The van der Waals surface area contributed by atoms with Crippen LogP contribution in [0.1, 0.15) is 12.8 Å². The number of hydrogen-bond donors (Lipinski definition) is 3. The van der Waals surface area contributed by atoms with Gasteiger partial charge < -0.3 is 29.9 Å². The highest BCUT2D eigenvalue weighted by molar-refractivity contribution is 5.74. The number of rotatable bonds is 4. The van der Waals surface area contributed by atoms with Crippen LogP contribution in [-0.2, 0) is 14.3 Å². The van der Waals surface area contributed by atoms with Crippen LogP contribution >= 0.6 is 0 Å². The van der Waals surface area contributed by atoms with Gasteiger partial charge in [-0.25, -0.2) is 9.59 Å². The Morgan fingerprint density at radius 2 is 2.10 bits per heavy atom. The number of carbonyl (C=O) groups excluding carboxylic acids is 1. The molecule has 0 aromatic rings. The smallest absolute Gasteiger partial charge is 0.332 e. The number of aliphatic hydroxyl groups excluding tert-OH is 1. The van der Waals surface area contributed by atoms with E-state index in [2.05, 4.69) is 5.32 Å². The zero-order chi connectivity index (χ0) is 14.5. The number of carboxylic acid groups (broad SMARTS) is 1. The minimum Gasteiger partial charge on any atom is -0.479 e. The third-order valence-corrected chi connectivity index (χ3v) is 3.49. The zero-order valence-electron chi connectivity index (χ0n) is 11.2. The number of urea groups is 1. The molecular formula is C12H20N2O6. The summed E-state index contributed by atoms with van der Waals surface area (Å²) in [6.07, 6.45) is -0.262. The lowest BCUT2D eigenvalue weighted by molar-refractivity contribution is -0.149. The Hall–Kier alpha value is -1.38. The van der Waals surface area contributed by atoms with E-state index < -0.39 is 12.1 Å². The number of aliphatic hydroxyl groups is 1. The van der Waals surface area contributed by atoms with Crippen molar-refractivity contribution in [2.75, 3.05) is 32.8 Å². The van der Waals surface area contributed by atoms with Crippen LogP contribution in [0.3, 0.4) is 0 Å². The molecule has 2 rings (SSSR count). The summed E-state index contributed by atoms with van der Waals surface area (Å²) >= 11 is 0. The molecular weight excluding hydrogens is 268 g/mol. The van der Waals surface area contributed by atoms with Crippen molar-refractivity contribution >= 4 is 12.0 Å². The van der Waals surface area contributed by atoms with E-state index in [4.69, 9.17) is 19.7 Å². The van der Waals surface area contributed by atoms with Gasteiger partial charge in [0.1, 0.15) is 0 Å². The third-order valence-electron chi connectivity index (χ3n) is 3.49.